The van der Waals surface area contributed by atoms with Crippen LogP contribution < -0.4 is 4.90 Å². The van der Waals surface area contributed by atoms with E-state index in [1.807, 2.05) is 0 Å². The van der Waals surface area contributed by atoms with Gasteiger partial charge in [-0.25, -0.2) is 8.42 Å². The van der Waals surface area contributed by atoms with E-state index in [2.05, 4.69) is 32.2 Å². The summed E-state index contributed by atoms with van der Waals surface area (Å²) < 4.78 is 27.2. The van der Waals surface area contributed by atoms with Crippen LogP contribution in [0.2, 0.25) is 0 Å². The van der Waals surface area contributed by atoms with Gasteiger partial charge < -0.3 is 4.55 Å². The molecule has 21 heavy (non-hydrogen) atoms. The molecule has 0 aromatic heterocycles. The van der Waals surface area contributed by atoms with Crippen molar-refractivity contribution in [3.63, 3.8) is 0 Å². The standard InChI is InChI=1S/C15H27N.CH4O3S/c1-3-5-6-7-8-9-13-16-14-10-12-15(16)11-4-2;1-5(2,3)4/h10,12,14H,3-9,11,13H2,1-2H3;1H3,(H,2,3,4). The lowest BCUT2D eigenvalue weighted by Crippen LogP contribution is -3.04. The number of rotatable bonds is 9. The Labute approximate surface area is 130 Å². The molecule has 1 N–H and O–H groups in total. The van der Waals surface area contributed by atoms with Gasteiger partial charge in [0.2, 0.25) is 0 Å². The number of quaternary nitrogens is 1. The van der Waals surface area contributed by atoms with Gasteiger partial charge >= 0.3 is 0 Å². The molecule has 0 aromatic carbocycles. The molecule has 0 radical (unpaired) electrons. The lowest BCUT2D eigenvalue weighted by Gasteiger charge is -2.13. The maximum atomic E-state index is 9.08. The SMILES string of the molecule is CCCCCCCC[NH+]1C=CC=C1CCC.CS(=O)(=O)[O-]. The first-order valence-electron chi connectivity index (χ1n) is 8.02. The summed E-state index contributed by atoms with van der Waals surface area (Å²) >= 11 is 0. The van der Waals surface area contributed by atoms with Gasteiger partial charge in [-0.15, -0.1) is 0 Å². The third-order valence-electron chi connectivity index (χ3n) is 3.33. The van der Waals surface area contributed by atoms with E-state index in [1.165, 1.54) is 57.9 Å². The minimum absolute atomic E-state index is 0.604. The number of unbranched alkanes of at least 4 members (excludes halogenated alkanes) is 5. The fourth-order valence-corrected chi connectivity index (χ4v) is 2.35. The Kier molecular flexibility index (Phi) is 11.6. The molecule has 1 aliphatic rings. The van der Waals surface area contributed by atoms with Gasteiger partial charge in [-0.2, -0.15) is 0 Å². The van der Waals surface area contributed by atoms with Crippen LogP contribution in [-0.4, -0.2) is 25.8 Å². The molecule has 1 heterocycles. The fraction of sp³-hybridized carbons (Fsp3) is 0.750. The molecule has 1 unspecified atom stereocenters. The number of hydrogen-bond donors (Lipinski definition) is 1. The summed E-state index contributed by atoms with van der Waals surface area (Å²) in [5.74, 6) is 0. The molecule has 0 fully saturated rings. The molecule has 1 rings (SSSR count). The maximum Gasteiger partial charge on any atom is 0.112 e. The van der Waals surface area contributed by atoms with Crippen molar-refractivity contribution in [1.82, 2.24) is 0 Å². The zero-order valence-electron chi connectivity index (χ0n) is 13.7. The molecule has 0 spiro atoms. The molecular formula is C16H31NO3S. The Hall–Kier alpha value is -0.650. The molecule has 0 bridgehead atoms. The predicted octanol–water partition coefficient (Wildman–Crippen LogP) is 2.60. The normalized spacial score (nSPS) is 17.3. The predicted molar refractivity (Wildman–Crippen MR) is 87.0 cm³/mol. The lowest BCUT2D eigenvalue weighted by atomic mass is 10.1. The van der Waals surface area contributed by atoms with E-state index < -0.39 is 10.1 Å². The molecule has 0 saturated carbocycles. The lowest BCUT2D eigenvalue weighted by molar-refractivity contribution is -0.804. The zero-order chi connectivity index (χ0) is 16.1. The Morgan fingerprint density at radius 2 is 1.62 bits per heavy atom. The first-order chi connectivity index (χ1) is 9.88. The summed E-state index contributed by atoms with van der Waals surface area (Å²) in [4.78, 5) is 1.61. The van der Waals surface area contributed by atoms with Crippen molar-refractivity contribution in [2.75, 3.05) is 12.8 Å². The highest BCUT2D eigenvalue weighted by molar-refractivity contribution is 7.84. The number of allylic oxidation sites excluding steroid dienone is 3. The van der Waals surface area contributed by atoms with Crippen LogP contribution in [0.25, 0.3) is 0 Å². The van der Waals surface area contributed by atoms with E-state index in [0.29, 0.717) is 6.26 Å². The molecule has 5 heteroatoms. The van der Waals surface area contributed by atoms with Crippen molar-refractivity contribution < 1.29 is 17.9 Å². The van der Waals surface area contributed by atoms with Gasteiger partial charge in [-0.05, 0) is 25.3 Å². The highest BCUT2D eigenvalue weighted by Gasteiger charge is 2.14. The van der Waals surface area contributed by atoms with E-state index in [-0.39, 0.29) is 0 Å². The minimum Gasteiger partial charge on any atom is -0.748 e. The van der Waals surface area contributed by atoms with Crippen LogP contribution in [0.3, 0.4) is 0 Å². The smallest absolute Gasteiger partial charge is 0.112 e. The number of hydrogen-bond acceptors (Lipinski definition) is 3. The van der Waals surface area contributed by atoms with Crippen molar-refractivity contribution in [3.8, 4) is 0 Å². The second kappa shape index (κ2) is 12.0. The second-order valence-electron chi connectivity index (χ2n) is 5.55. The highest BCUT2D eigenvalue weighted by Crippen LogP contribution is 2.05. The van der Waals surface area contributed by atoms with Gasteiger partial charge in [-0.1, -0.05) is 39.5 Å². The molecule has 0 saturated heterocycles. The van der Waals surface area contributed by atoms with Gasteiger partial charge in [-0.3, -0.25) is 4.90 Å². The summed E-state index contributed by atoms with van der Waals surface area (Å²) in [5, 5.41) is 0. The Morgan fingerprint density at radius 1 is 1.05 bits per heavy atom. The van der Waals surface area contributed by atoms with Crippen molar-refractivity contribution in [3.05, 3.63) is 24.0 Å². The highest BCUT2D eigenvalue weighted by atomic mass is 32.2. The maximum absolute atomic E-state index is 9.08. The van der Waals surface area contributed by atoms with Gasteiger partial charge in [0, 0.05) is 18.8 Å². The molecule has 1 atom stereocenters. The van der Waals surface area contributed by atoms with Crippen molar-refractivity contribution in [2.24, 2.45) is 0 Å². The Balaban J connectivity index is 0.000000690. The van der Waals surface area contributed by atoms with Crippen LogP contribution in [0.1, 0.15) is 65.2 Å². The topological polar surface area (TPSA) is 61.6 Å². The monoisotopic (exact) mass is 317 g/mol. The van der Waals surface area contributed by atoms with Gasteiger partial charge in [0.1, 0.15) is 5.70 Å². The van der Waals surface area contributed by atoms with E-state index in [0.717, 1.165) is 0 Å². The number of nitrogens with one attached hydrogen (secondary N) is 1. The molecule has 4 nitrogen and oxygen atoms in total. The Morgan fingerprint density at radius 3 is 2.19 bits per heavy atom. The average molecular weight is 317 g/mol. The second-order valence-corrected chi connectivity index (χ2v) is 6.96. The quantitative estimate of drug-likeness (QED) is 0.525. The third kappa shape index (κ3) is 14.1. The van der Waals surface area contributed by atoms with Gasteiger partial charge in [0.25, 0.3) is 0 Å². The van der Waals surface area contributed by atoms with Crippen LogP contribution >= 0.6 is 0 Å². The summed E-state index contributed by atoms with van der Waals surface area (Å²) in [6.07, 6.45) is 18.4. The summed E-state index contributed by atoms with van der Waals surface area (Å²) in [5.41, 5.74) is 1.59. The van der Waals surface area contributed by atoms with E-state index >= 15 is 0 Å². The average Bonchev–Trinajstić information content (AvgIpc) is 2.80. The summed E-state index contributed by atoms with van der Waals surface area (Å²) in [6, 6.07) is 0. The molecule has 1 aliphatic heterocycles. The van der Waals surface area contributed by atoms with Crippen LogP contribution in [-0.2, 0) is 10.1 Å². The fourth-order valence-electron chi connectivity index (χ4n) is 2.35. The van der Waals surface area contributed by atoms with Crippen LogP contribution in [0.5, 0.6) is 0 Å². The van der Waals surface area contributed by atoms with Crippen LogP contribution in [0, 0.1) is 0 Å². The first kappa shape index (κ1) is 20.3. The largest absolute Gasteiger partial charge is 0.748 e. The summed E-state index contributed by atoms with van der Waals surface area (Å²) in [7, 11) is -3.92. The van der Waals surface area contributed by atoms with Crippen molar-refractivity contribution >= 4 is 10.1 Å². The van der Waals surface area contributed by atoms with Crippen LogP contribution in [0.4, 0.5) is 0 Å². The molecule has 0 amide bonds. The molecule has 124 valence electrons. The molecule has 0 aromatic rings. The molecular weight excluding hydrogens is 286 g/mol. The van der Waals surface area contributed by atoms with E-state index in [4.69, 9.17) is 13.0 Å². The van der Waals surface area contributed by atoms with E-state index in [1.54, 1.807) is 10.6 Å². The summed E-state index contributed by atoms with van der Waals surface area (Å²) in [6.45, 7) is 5.84. The molecule has 0 aliphatic carbocycles. The van der Waals surface area contributed by atoms with Crippen LogP contribution in [0.15, 0.2) is 24.0 Å². The Bertz CT molecular complexity index is 405. The van der Waals surface area contributed by atoms with Gasteiger partial charge in [0.15, 0.2) is 0 Å². The van der Waals surface area contributed by atoms with E-state index in [9.17, 15) is 0 Å². The zero-order valence-corrected chi connectivity index (χ0v) is 14.5. The van der Waals surface area contributed by atoms with Gasteiger partial charge in [0.05, 0.1) is 22.9 Å². The van der Waals surface area contributed by atoms with Crippen molar-refractivity contribution in [2.45, 2.75) is 65.2 Å². The third-order valence-corrected chi connectivity index (χ3v) is 3.33. The van der Waals surface area contributed by atoms with Crippen molar-refractivity contribution in [1.29, 1.82) is 0 Å². The first-order valence-corrected chi connectivity index (χ1v) is 9.84. The minimum atomic E-state index is -3.92.